The van der Waals surface area contributed by atoms with Crippen LogP contribution in [0.25, 0.3) is 0 Å². The van der Waals surface area contributed by atoms with Crippen LogP contribution in [0.1, 0.15) is 0 Å². The topological polar surface area (TPSA) is 75.7 Å². The van der Waals surface area contributed by atoms with E-state index in [1.54, 1.807) is 0 Å². The second-order valence-corrected chi connectivity index (χ2v) is 1.18. The van der Waals surface area contributed by atoms with Crippen LogP contribution in [0.5, 0.6) is 0 Å². The van der Waals surface area contributed by atoms with E-state index in [2.05, 4.69) is 9.66 Å². The van der Waals surface area contributed by atoms with E-state index in [1.807, 2.05) is 0 Å². The molecule has 1 unspecified atom stereocenters. The summed E-state index contributed by atoms with van der Waals surface area (Å²) in [5.41, 5.74) is 0. The SMILES string of the molecule is N/[SH](=O)=N\O. The minimum Gasteiger partial charge on any atom is -0.259 e. The van der Waals surface area contributed by atoms with Crippen LogP contribution in [0, 0.1) is 0 Å². The first kappa shape index (κ1) is 4.87. The van der Waals surface area contributed by atoms with Crippen molar-refractivity contribution in [3.05, 3.63) is 0 Å². The average molecular weight is 96.1 g/mol. The maximum Gasteiger partial charge on any atom is 0.121 e. The van der Waals surface area contributed by atoms with Gasteiger partial charge >= 0.3 is 0 Å². The number of rotatable bonds is 0. The van der Waals surface area contributed by atoms with Gasteiger partial charge in [-0.05, 0) is 0 Å². The second-order valence-electron chi connectivity index (χ2n) is 0.392. The molecule has 5 heavy (non-hydrogen) atoms. The van der Waals surface area contributed by atoms with Crippen molar-refractivity contribution in [1.29, 1.82) is 0 Å². The molecule has 0 aromatic carbocycles. The highest BCUT2D eigenvalue weighted by atomic mass is 32.2. The molecule has 0 aliphatic carbocycles. The van der Waals surface area contributed by atoms with E-state index >= 15 is 0 Å². The summed E-state index contributed by atoms with van der Waals surface area (Å²) < 4.78 is 11.5. The number of nitrogens with zero attached hydrogens (tertiary/aromatic N) is 1. The molecule has 0 heterocycles. The van der Waals surface area contributed by atoms with E-state index in [0.717, 1.165) is 0 Å². The van der Waals surface area contributed by atoms with Crippen molar-refractivity contribution in [1.82, 2.24) is 0 Å². The Morgan fingerprint density at radius 3 is 2.20 bits per heavy atom. The highest BCUT2D eigenvalue weighted by Crippen LogP contribution is 1.44. The fraction of sp³-hybridized carbons (Fsp3) is 0. The van der Waals surface area contributed by atoms with Crippen LogP contribution in [0.2, 0.25) is 0 Å². The highest BCUT2D eigenvalue weighted by Gasteiger charge is 1.49. The predicted molar refractivity (Wildman–Crippen MR) is 17.9 cm³/mol. The maximum atomic E-state index is 9.32. The van der Waals surface area contributed by atoms with Crippen LogP contribution in [0.15, 0.2) is 4.53 Å². The summed E-state index contributed by atoms with van der Waals surface area (Å²) in [5.74, 6) is 0. The minimum absolute atomic E-state index is 2.17. The number of hydrogen-bond acceptors (Lipinski definition) is 2. The molecule has 0 saturated carbocycles. The first-order valence-electron chi connectivity index (χ1n) is 0.841. The Hall–Kier alpha value is -0.130. The Labute approximate surface area is 30.9 Å². The van der Waals surface area contributed by atoms with Gasteiger partial charge in [-0.2, -0.15) is 0 Å². The van der Waals surface area contributed by atoms with Crippen molar-refractivity contribution in [2.24, 2.45) is 9.66 Å². The second kappa shape index (κ2) is 2.13. The lowest BCUT2D eigenvalue weighted by molar-refractivity contribution is 0.326. The zero-order valence-electron chi connectivity index (χ0n) is 2.33. The number of nitrogens with two attached hydrogens (primary N) is 1. The third-order valence-electron chi connectivity index (χ3n) is 0.0882. The molecule has 5 heteroatoms. The molecule has 0 radical (unpaired) electrons. The summed E-state index contributed by atoms with van der Waals surface area (Å²) >= 11 is 0. The van der Waals surface area contributed by atoms with Gasteiger partial charge in [0.05, 0.1) is 0 Å². The molecule has 0 aliphatic heterocycles. The monoisotopic (exact) mass is 96.0 g/mol. The summed E-state index contributed by atoms with van der Waals surface area (Å²) in [5, 5.41) is 11.7. The van der Waals surface area contributed by atoms with Crippen LogP contribution in [-0.2, 0) is 10.8 Å². The molecule has 0 aliphatic rings. The van der Waals surface area contributed by atoms with Crippen molar-refractivity contribution in [3.63, 3.8) is 0 Å². The van der Waals surface area contributed by atoms with Crippen LogP contribution < -0.4 is 5.14 Å². The van der Waals surface area contributed by atoms with Gasteiger partial charge in [-0.3, -0.25) is 5.21 Å². The van der Waals surface area contributed by atoms with Gasteiger partial charge in [0, 0.05) is 0 Å². The van der Waals surface area contributed by atoms with Crippen LogP contribution >= 0.6 is 0 Å². The molecular formula is H4N2O2S. The van der Waals surface area contributed by atoms with E-state index in [4.69, 9.17) is 5.21 Å². The predicted octanol–water partition coefficient (Wildman–Crippen LogP) is -1.09. The van der Waals surface area contributed by atoms with Crippen molar-refractivity contribution >= 4 is 10.8 Å². The molecule has 0 aromatic rings. The lowest BCUT2D eigenvalue weighted by Gasteiger charge is -1.61. The molecular weight excluding hydrogens is 92.1 g/mol. The summed E-state index contributed by atoms with van der Waals surface area (Å²) in [4.78, 5) is 0. The largest absolute Gasteiger partial charge is 0.259 e. The van der Waals surface area contributed by atoms with Gasteiger partial charge in [0.15, 0.2) is 0 Å². The van der Waals surface area contributed by atoms with E-state index in [-0.39, 0.29) is 0 Å². The standard InChI is InChI=1S/H4N2O2S/c1-5(4)2-3/h3,5H,(H2,1,2,4). The van der Waals surface area contributed by atoms with Crippen LogP contribution in [0.4, 0.5) is 0 Å². The molecule has 0 amide bonds. The van der Waals surface area contributed by atoms with E-state index in [9.17, 15) is 4.21 Å². The Morgan fingerprint density at radius 1 is 2.00 bits per heavy atom. The lowest BCUT2D eigenvalue weighted by atomic mass is 13.6. The van der Waals surface area contributed by atoms with E-state index < -0.39 is 10.8 Å². The fourth-order valence-corrected chi connectivity index (χ4v) is 0. The quantitative estimate of drug-likeness (QED) is 0.265. The van der Waals surface area contributed by atoms with Gasteiger partial charge in [0.1, 0.15) is 10.8 Å². The van der Waals surface area contributed by atoms with E-state index in [1.165, 1.54) is 0 Å². The Bertz CT molecular complexity index is 79.6. The lowest BCUT2D eigenvalue weighted by Crippen LogP contribution is -1.86. The normalized spacial score (nSPS) is 15.6. The van der Waals surface area contributed by atoms with Gasteiger partial charge in [0.2, 0.25) is 0 Å². The molecule has 0 fully saturated rings. The maximum absolute atomic E-state index is 9.32. The van der Waals surface area contributed by atoms with Gasteiger partial charge in [-0.25, -0.2) is 9.35 Å². The third kappa shape index (κ3) is 3.87. The minimum atomic E-state index is -2.17. The van der Waals surface area contributed by atoms with Crippen LogP contribution in [-0.4, -0.2) is 9.42 Å². The average Bonchev–Trinajstić information content (AvgIpc) is 1.38. The molecule has 0 bridgehead atoms. The summed E-state index contributed by atoms with van der Waals surface area (Å²) in [6, 6.07) is 0. The molecule has 4 nitrogen and oxygen atoms in total. The fourth-order valence-electron chi connectivity index (χ4n) is 0. The van der Waals surface area contributed by atoms with Crippen molar-refractivity contribution in [2.75, 3.05) is 0 Å². The molecule has 0 spiro atoms. The van der Waals surface area contributed by atoms with Gasteiger partial charge in [0.25, 0.3) is 0 Å². The smallest absolute Gasteiger partial charge is 0.121 e. The van der Waals surface area contributed by atoms with Gasteiger partial charge in [-0.1, -0.05) is 4.53 Å². The molecule has 1 atom stereocenters. The molecule has 0 aromatic heterocycles. The number of hydrogen-bond donors (Lipinski definition) is 3. The molecule has 0 rings (SSSR count). The Balaban J connectivity index is 3.62. The first-order chi connectivity index (χ1) is 2.27. The summed E-state index contributed by atoms with van der Waals surface area (Å²) in [6.45, 7) is 0. The van der Waals surface area contributed by atoms with Crippen LogP contribution in [0.3, 0.4) is 0 Å². The highest BCUT2D eigenvalue weighted by molar-refractivity contribution is 7.72. The zero-order valence-corrected chi connectivity index (χ0v) is 3.22. The van der Waals surface area contributed by atoms with E-state index in [0.29, 0.717) is 0 Å². The van der Waals surface area contributed by atoms with Crippen molar-refractivity contribution in [3.8, 4) is 0 Å². The Morgan fingerprint density at radius 2 is 2.20 bits per heavy atom. The summed E-state index contributed by atoms with van der Waals surface area (Å²) in [6.07, 6.45) is 0. The molecule has 32 valence electrons. The summed E-state index contributed by atoms with van der Waals surface area (Å²) in [7, 11) is -2.17. The van der Waals surface area contributed by atoms with Gasteiger partial charge in [-0.15, -0.1) is 0 Å². The van der Waals surface area contributed by atoms with Crippen molar-refractivity contribution < 1.29 is 9.42 Å². The number of thiol groups is 1. The Kier molecular flexibility index (Phi) is 2.07. The molecule has 3 N–H and O–H groups in total. The first-order valence-corrected chi connectivity index (χ1v) is 2.12. The molecule has 0 saturated heterocycles. The van der Waals surface area contributed by atoms with Gasteiger partial charge < -0.3 is 0 Å². The third-order valence-corrected chi connectivity index (χ3v) is 0.264. The van der Waals surface area contributed by atoms with Crippen molar-refractivity contribution in [2.45, 2.75) is 0 Å². The zero-order chi connectivity index (χ0) is 4.28.